The van der Waals surface area contributed by atoms with E-state index in [1.165, 1.54) is 60.9 Å². The van der Waals surface area contributed by atoms with Crippen LogP contribution >= 0.6 is 0 Å². The highest BCUT2D eigenvalue weighted by Gasteiger charge is 2.06. The Bertz CT molecular complexity index is 946. The van der Waals surface area contributed by atoms with Crippen LogP contribution in [-0.4, -0.2) is 13.1 Å². The van der Waals surface area contributed by atoms with E-state index in [-0.39, 0.29) is 7.43 Å². The molecule has 0 bridgehead atoms. The Hall–Kier alpha value is -3.26. The lowest BCUT2D eigenvalue weighted by Crippen LogP contribution is -2.21. The van der Waals surface area contributed by atoms with E-state index in [4.69, 9.17) is 0 Å². The Labute approximate surface area is 274 Å². The Balaban J connectivity index is -0.000000469. The summed E-state index contributed by atoms with van der Waals surface area (Å²) in [5, 5.41) is 0. The fourth-order valence-electron chi connectivity index (χ4n) is 3.95. The number of anilines is 1. The van der Waals surface area contributed by atoms with Crippen molar-refractivity contribution in [1.29, 1.82) is 0 Å². The van der Waals surface area contributed by atoms with Crippen molar-refractivity contribution in [2.45, 2.75) is 115 Å². The highest BCUT2D eigenvalue weighted by molar-refractivity contribution is 5.47. The topological polar surface area (TPSA) is 16.4 Å². The van der Waals surface area contributed by atoms with Gasteiger partial charge in [0.2, 0.25) is 0 Å². The van der Waals surface area contributed by atoms with Gasteiger partial charge in [-0.05, 0) is 64.8 Å². The van der Waals surface area contributed by atoms with Crippen molar-refractivity contribution in [2.75, 3.05) is 18.0 Å². The quantitative estimate of drug-likeness (QED) is 0.232. The molecule has 1 aliphatic carbocycles. The molecule has 5 rings (SSSR count). The molecule has 0 amide bonds. The molecule has 2 nitrogen and oxygen atoms in total. The lowest BCUT2D eigenvalue weighted by molar-refractivity contribution is 0.385. The highest BCUT2D eigenvalue weighted by atomic mass is 16.3. The summed E-state index contributed by atoms with van der Waals surface area (Å²) in [6, 6.07) is 32.9. The molecular formula is C42H69NO. The summed E-state index contributed by atoms with van der Waals surface area (Å²) in [6.45, 7) is 23.4. The van der Waals surface area contributed by atoms with E-state index in [2.05, 4.69) is 113 Å². The van der Waals surface area contributed by atoms with Crippen LogP contribution in [-0.2, 0) is 0 Å². The minimum Gasteiger partial charge on any atom is -0.473 e. The van der Waals surface area contributed by atoms with Crippen molar-refractivity contribution in [1.82, 2.24) is 0 Å². The molecule has 2 heteroatoms. The normalized spacial score (nSPS) is 11.0. The number of benzene rings is 3. The predicted molar refractivity (Wildman–Crippen MR) is 202 cm³/mol. The average Bonchev–Trinajstić information content (AvgIpc) is 3.63. The predicted octanol–water partition coefficient (Wildman–Crippen LogP) is 13.8. The summed E-state index contributed by atoms with van der Waals surface area (Å²) in [5.41, 5.74) is 5.29. The molecule has 1 aromatic heterocycles. The van der Waals surface area contributed by atoms with Gasteiger partial charge in [0.25, 0.3) is 0 Å². The number of hydrogen-bond acceptors (Lipinski definition) is 2. The van der Waals surface area contributed by atoms with E-state index in [1.807, 2.05) is 62.4 Å². The van der Waals surface area contributed by atoms with Crippen molar-refractivity contribution in [3.63, 3.8) is 0 Å². The first-order valence-electron chi connectivity index (χ1n) is 16.7. The molecule has 4 aromatic rings. The molecule has 1 fully saturated rings. The molecular weight excluding hydrogens is 534 g/mol. The summed E-state index contributed by atoms with van der Waals surface area (Å²) >= 11 is 0. The molecule has 1 heterocycles. The minimum atomic E-state index is 0. The fourth-order valence-corrected chi connectivity index (χ4v) is 3.95. The summed E-state index contributed by atoms with van der Waals surface area (Å²) < 4.78 is 4.58. The first-order valence-corrected chi connectivity index (χ1v) is 16.7. The van der Waals surface area contributed by atoms with Crippen LogP contribution < -0.4 is 4.90 Å². The van der Waals surface area contributed by atoms with Gasteiger partial charge in [-0.3, -0.25) is 0 Å². The molecule has 0 N–H and O–H groups in total. The van der Waals surface area contributed by atoms with E-state index in [0.29, 0.717) is 0 Å². The summed E-state index contributed by atoms with van der Waals surface area (Å²) in [4.78, 5) is 2.35. The van der Waals surface area contributed by atoms with E-state index in [9.17, 15) is 0 Å². The second-order valence-corrected chi connectivity index (χ2v) is 10.6. The molecule has 0 spiro atoms. The third-order valence-electron chi connectivity index (χ3n) is 6.36. The van der Waals surface area contributed by atoms with Gasteiger partial charge in [-0.15, -0.1) is 0 Å². The van der Waals surface area contributed by atoms with Crippen LogP contribution in [0, 0.1) is 26.7 Å². The SMILES string of the molecule is C.CC.CC1CCCCC1.CCC.CCN(CC)c1ccc(C)cc1.Cc1ccccc1.Cc1ccccc1.c1ccoc1. The minimum absolute atomic E-state index is 0. The molecule has 1 aliphatic rings. The van der Waals surface area contributed by atoms with E-state index in [1.54, 1.807) is 12.5 Å². The molecule has 44 heavy (non-hydrogen) atoms. The third-order valence-corrected chi connectivity index (χ3v) is 6.36. The van der Waals surface area contributed by atoms with Gasteiger partial charge < -0.3 is 9.32 Å². The maximum absolute atomic E-state index is 4.58. The zero-order chi connectivity index (χ0) is 32.6. The van der Waals surface area contributed by atoms with Crippen molar-refractivity contribution >= 4 is 5.69 Å². The zero-order valence-corrected chi connectivity index (χ0v) is 29.5. The van der Waals surface area contributed by atoms with Crippen LogP contribution in [0.4, 0.5) is 5.69 Å². The Morgan fingerprint density at radius 2 is 0.932 bits per heavy atom. The summed E-state index contributed by atoms with van der Waals surface area (Å²) in [6.07, 6.45) is 11.9. The molecule has 1 saturated carbocycles. The number of hydrogen-bond donors (Lipinski definition) is 0. The molecule has 0 radical (unpaired) electrons. The van der Waals surface area contributed by atoms with E-state index < -0.39 is 0 Å². The van der Waals surface area contributed by atoms with E-state index in [0.717, 1.165) is 19.0 Å². The van der Waals surface area contributed by atoms with Gasteiger partial charge in [-0.2, -0.15) is 0 Å². The van der Waals surface area contributed by atoms with Gasteiger partial charge in [0.05, 0.1) is 12.5 Å². The lowest BCUT2D eigenvalue weighted by Gasteiger charge is -2.20. The highest BCUT2D eigenvalue weighted by Crippen LogP contribution is 2.22. The van der Waals surface area contributed by atoms with Crippen LogP contribution in [0.5, 0.6) is 0 Å². The first kappa shape index (κ1) is 45.2. The zero-order valence-electron chi connectivity index (χ0n) is 29.5. The monoisotopic (exact) mass is 604 g/mol. The van der Waals surface area contributed by atoms with Crippen LogP contribution in [0.2, 0.25) is 0 Å². The van der Waals surface area contributed by atoms with Crippen molar-refractivity contribution < 1.29 is 4.42 Å². The number of nitrogens with zero attached hydrogens (tertiary/aromatic N) is 1. The fraction of sp³-hybridized carbons (Fsp3) is 0.476. The van der Waals surface area contributed by atoms with Crippen molar-refractivity contribution in [3.8, 4) is 0 Å². The largest absolute Gasteiger partial charge is 0.473 e. The molecule has 0 aliphatic heterocycles. The number of aryl methyl sites for hydroxylation is 3. The lowest BCUT2D eigenvalue weighted by atomic mass is 9.91. The summed E-state index contributed by atoms with van der Waals surface area (Å²) in [5.74, 6) is 1.04. The van der Waals surface area contributed by atoms with Gasteiger partial charge in [-0.25, -0.2) is 0 Å². The van der Waals surface area contributed by atoms with Gasteiger partial charge in [-0.1, -0.05) is 170 Å². The summed E-state index contributed by atoms with van der Waals surface area (Å²) in [7, 11) is 0. The van der Waals surface area contributed by atoms with Gasteiger partial charge in [0.1, 0.15) is 0 Å². The third kappa shape index (κ3) is 28.8. The van der Waals surface area contributed by atoms with Crippen LogP contribution in [0.25, 0.3) is 0 Å². The van der Waals surface area contributed by atoms with Crippen LogP contribution in [0.1, 0.15) is 111 Å². The second-order valence-electron chi connectivity index (χ2n) is 10.6. The van der Waals surface area contributed by atoms with Crippen LogP contribution in [0.3, 0.4) is 0 Å². The Kier molecular flexibility index (Phi) is 35.1. The second kappa shape index (κ2) is 34.2. The molecule has 0 saturated heterocycles. The van der Waals surface area contributed by atoms with Gasteiger partial charge in [0.15, 0.2) is 0 Å². The maximum atomic E-state index is 4.58. The average molecular weight is 604 g/mol. The van der Waals surface area contributed by atoms with Crippen LogP contribution in [0.15, 0.2) is 114 Å². The van der Waals surface area contributed by atoms with Gasteiger partial charge >= 0.3 is 0 Å². The molecule has 3 aromatic carbocycles. The molecule has 0 atom stereocenters. The smallest absolute Gasteiger partial charge is 0.0902 e. The maximum Gasteiger partial charge on any atom is 0.0902 e. The van der Waals surface area contributed by atoms with E-state index >= 15 is 0 Å². The Morgan fingerprint density at radius 3 is 1.16 bits per heavy atom. The number of furan rings is 1. The standard InChI is InChI=1S/C11H17N.C7H14.2C7H8.C4H4O.C3H8.C2H6.CH4/c1-4-12(5-2)11-8-6-10(3)7-9-11;3*1-7-5-3-2-4-6-7;1-2-4-5-3-1;1-3-2;1-2;/h6-9H,4-5H2,1-3H3;7H,2-6H2,1H3;2*2-6H,1H3;1-4H;3H2,1-2H3;1-2H3;1H4. The molecule has 248 valence electrons. The number of rotatable bonds is 3. The first-order chi connectivity index (χ1) is 20.9. The van der Waals surface area contributed by atoms with Crippen molar-refractivity contribution in [2.24, 2.45) is 5.92 Å². The van der Waals surface area contributed by atoms with Crippen molar-refractivity contribution in [3.05, 3.63) is 126 Å². The molecule has 0 unspecified atom stereocenters. The van der Waals surface area contributed by atoms with Gasteiger partial charge in [0, 0.05) is 18.8 Å². The Morgan fingerprint density at radius 1 is 0.568 bits per heavy atom.